The molecule has 4 rings (SSSR count). The van der Waals surface area contributed by atoms with Crippen molar-refractivity contribution in [3.63, 3.8) is 0 Å². The summed E-state index contributed by atoms with van der Waals surface area (Å²) in [6.45, 7) is 13.1. The summed E-state index contributed by atoms with van der Waals surface area (Å²) in [6.07, 6.45) is -28.0. The fraction of sp³-hybridized carbons (Fsp3) is 0.552. The summed E-state index contributed by atoms with van der Waals surface area (Å²) < 4.78 is 343. The molecule has 96 heavy (non-hydrogen) atoms. The van der Waals surface area contributed by atoms with Crippen LogP contribution in [0.2, 0.25) is 0 Å². The first-order valence-corrected chi connectivity index (χ1v) is 33.9. The lowest BCUT2D eigenvalue weighted by atomic mass is 9.72. The predicted octanol–water partition coefficient (Wildman–Crippen LogP) is 14.5. The standard InChI is InChI=1S/C24H22F12O2.C18H22O6S2.C16H26F4O10S2/c1-3-14(16-6-10-18(11-7-16)20(38,23(31,32)33)24(34,35)36)12-13(2)15-4-8-17(9-5-15)19(37,21(25,26)27)22(28,29)30;1-3-14(16-6-10-18(11-7-16)26(22,23)24)12-13(2)15-4-8-17(9-5-15)25(19,20)21;1-7-14(6,12(22)30-10(3)16(19,20)32(26,27)28)8-13(4,5)11(21)29-9(2)15(17,18)31(23,24)25/h4-11,13-14,37-38H,3,12H2,1-2H3;4-11,13-14H,3,12H2,1-2H3,(H,19,20,21)(H,22,23,24);9-10H,7-8H2,1-6H3,(H,23,24,25)(H,26,27,28). The molecule has 0 radical (unpaired) electrons. The number of carbonyl (C=O) groups excluding carboxylic acids is 2. The van der Waals surface area contributed by atoms with E-state index in [-0.39, 0.29) is 40.0 Å². The second-order valence-corrected chi connectivity index (χ2v) is 29.2. The monoisotopic (exact) mass is 1490 g/mol. The van der Waals surface area contributed by atoms with Crippen molar-refractivity contribution in [2.75, 3.05) is 0 Å². The number of ether oxygens (including phenoxy) is 2. The molecule has 546 valence electrons. The van der Waals surface area contributed by atoms with Crippen LogP contribution in [0.4, 0.5) is 70.2 Å². The molecular formula is C58H70F16O18S4. The van der Waals surface area contributed by atoms with E-state index in [1.807, 2.05) is 13.8 Å². The van der Waals surface area contributed by atoms with Crippen molar-refractivity contribution >= 4 is 52.4 Å². The third-order valence-electron chi connectivity index (χ3n) is 15.9. The average molecular weight is 1490 g/mol. The van der Waals surface area contributed by atoms with Gasteiger partial charge in [-0.1, -0.05) is 107 Å². The summed E-state index contributed by atoms with van der Waals surface area (Å²) in [7, 11) is -20.2. The average Bonchev–Trinajstić information content (AvgIpc) is 0.754. The molecule has 0 aromatic heterocycles. The Hall–Kier alpha value is -5.74. The molecule has 4 aromatic carbocycles. The van der Waals surface area contributed by atoms with Gasteiger partial charge in [0.1, 0.15) is 0 Å². The highest BCUT2D eigenvalue weighted by molar-refractivity contribution is 7.87. The second kappa shape index (κ2) is 30.8. The summed E-state index contributed by atoms with van der Waals surface area (Å²) >= 11 is 0. The molecule has 0 saturated heterocycles. The molecule has 38 heteroatoms. The molecule has 7 atom stereocenters. The first-order chi connectivity index (χ1) is 42.9. The maximum absolute atomic E-state index is 13.7. The fourth-order valence-electron chi connectivity index (χ4n) is 9.68. The van der Waals surface area contributed by atoms with E-state index in [4.69, 9.17) is 18.2 Å². The number of carbonyl (C=O) groups is 2. The zero-order valence-electron chi connectivity index (χ0n) is 52.2. The van der Waals surface area contributed by atoms with E-state index in [1.54, 1.807) is 38.1 Å². The minimum atomic E-state index is -6.05. The summed E-state index contributed by atoms with van der Waals surface area (Å²) in [6, 6.07) is 18.1. The van der Waals surface area contributed by atoms with Gasteiger partial charge in [0.2, 0.25) is 0 Å². The maximum atomic E-state index is 13.7. The first-order valence-electron chi connectivity index (χ1n) is 28.1. The maximum Gasteiger partial charge on any atom is 0.430 e. The molecule has 0 bridgehead atoms. The molecular weight excluding hydrogens is 1420 g/mol. The highest BCUT2D eigenvalue weighted by Gasteiger charge is 2.72. The van der Waals surface area contributed by atoms with Gasteiger partial charge in [-0.15, -0.1) is 0 Å². The van der Waals surface area contributed by atoms with Gasteiger partial charge in [-0.25, -0.2) is 0 Å². The summed E-state index contributed by atoms with van der Waals surface area (Å²) in [5.74, 6) is -3.48. The lowest BCUT2D eigenvalue weighted by Gasteiger charge is -2.35. The van der Waals surface area contributed by atoms with Gasteiger partial charge in [0, 0.05) is 11.1 Å². The molecule has 18 nitrogen and oxygen atoms in total. The molecule has 0 fully saturated rings. The van der Waals surface area contributed by atoms with Crippen molar-refractivity contribution in [2.45, 2.75) is 200 Å². The smallest absolute Gasteiger partial charge is 0.430 e. The van der Waals surface area contributed by atoms with Crippen LogP contribution in [-0.4, -0.2) is 121 Å². The van der Waals surface area contributed by atoms with Crippen molar-refractivity contribution in [3.05, 3.63) is 130 Å². The zero-order chi connectivity index (χ0) is 75.2. The number of rotatable bonds is 25. The molecule has 0 aliphatic heterocycles. The Morgan fingerprint density at radius 2 is 0.667 bits per heavy atom. The van der Waals surface area contributed by atoms with E-state index in [2.05, 4.69) is 9.47 Å². The molecule has 0 aliphatic rings. The number of hydrogen-bond donors (Lipinski definition) is 6. The van der Waals surface area contributed by atoms with Gasteiger partial charge in [0.15, 0.2) is 12.2 Å². The third-order valence-corrected chi connectivity index (χ3v) is 19.6. The molecule has 0 heterocycles. The highest BCUT2D eigenvalue weighted by atomic mass is 32.2. The topological polar surface area (TPSA) is 311 Å². The summed E-state index contributed by atoms with van der Waals surface area (Å²) in [5, 5.41) is 9.34. The van der Waals surface area contributed by atoms with Crippen LogP contribution in [0.1, 0.15) is 165 Å². The third kappa shape index (κ3) is 20.5. The fourth-order valence-corrected chi connectivity index (χ4v) is 11.6. The molecule has 0 amide bonds. The Balaban J connectivity index is 0.000000499. The van der Waals surface area contributed by atoms with Crippen molar-refractivity contribution in [1.29, 1.82) is 0 Å². The zero-order valence-corrected chi connectivity index (χ0v) is 55.5. The number of halogens is 16. The van der Waals surface area contributed by atoms with Crippen LogP contribution in [0.5, 0.6) is 0 Å². The Kier molecular flexibility index (Phi) is 27.7. The number of aliphatic hydroxyl groups is 2. The minimum absolute atomic E-state index is 0.134. The van der Waals surface area contributed by atoms with E-state index in [0.29, 0.717) is 50.1 Å². The van der Waals surface area contributed by atoms with Crippen molar-refractivity contribution in [1.82, 2.24) is 0 Å². The number of alkyl halides is 16. The minimum Gasteiger partial charge on any atom is -0.455 e. The van der Waals surface area contributed by atoms with Gasteiger partial charge >= 0.3 is 67.4 Å². The molecule has 0 aliphatic carbocycles. The predicted molar refractivity (Wildman–Crippen MR) is 310 cm³/mol. The number of esters is 2. The van der Waals surface area contributed by atoms with Crippen LogP contribution >= 0.6 is 0 Å². The molecule has 7 unspecified atom stereocenters. The molecule has 0 saturated carbocycles. The van der Waals surface area contributed by atoms with E-state index >= 15 is 0 Å². The van der Waals surface area contributed by atoms with E-state index < -0.39 is 151 Å². The van der Waals surface area contributed by atoms with Crippen LogP contribution in [0.3, 0.4) is 0 Å². The van der Waals surface area contributed by atoms with Gasteiger partial charge in [0.05, 0.1) is 20.6 Å². The van der Waals surface area contributed by atoms with Crippen LogP contribution in [-0.2, 0) is 70.7 Å². The van der Waals surface area contributed by atoms with Crippen LogP contribution in [0, 0.1) is 10.8 Å². The molecule has 6 N–H and O–H groups in total. The van der Waals surface area contributed by atoms with Crippen LogP contribution < -0.4 is 0 Å². The normalized spacial score (nSPS) is 16.2. The Morgan fingerprint density at radius 3 is 0.906 bits per heavy atom. The summed E-state index contributed by atoms with van der Waals surface area (Å²) in [4.78, 5) is 24.6. The number of hydrogen-bond acceptors (Lipinski definition) is 14. The Morgan fingerprint density at radius 1 is 0.417 bits per heavy atom. The van der Waals surface area contributed by atoms with E-state index in [1.165, 1.54) is 38.1 Å². The Bertz CT molecular complexity index is 3710. The van der Waals surface area contributed by atoms with Gasteiger partial charge < -0.3 is 19.7 Å². The van der Waals surface area contributed by atoms with Crippen molar-refractivity contribution in [3.8, 4) is 0 Å². The van der Waals surface area contributed by atoms with E-state index in [9.17, 15) is 124 Å². The first kappa shape index (κ1) is 86.3. The van der Waals surface area contributed by atoms with Gasteiger partial charge in [-0.3, -0.25) is 27.8 Å². The Labute approximate surface area is 542 Å². The van der Waals surface area contributed by atoms with Gasteiger partial charge in [-0.2, -0.15) is 104 Å². The lowest BCUT2D eigenvalue weighted by molar-refractivity contribution is -0.376. The second-order valence-electron chi connectivity index (χ2n) is 23.4. The van der Waals surface area contributed by atoms with Gasteiger partial charge in [-0.05, 0) is 143 Å². The van der Waals surface area contributed by atoms with Crippen LogP contribution in [0.15, 0.2) is 107 Å². The van der Waals surface area contributed by atoms with Gasteiger partial charge in [0.25, 0.3) is 31.4 Å². The lowest BCUT2D eigenvalue weighted by Crippen LogP contribution is -2.53. The SMILES string of the molecule is CCC(C)(CC(C)(C)C(=O)OC(C)C(F)(F)S(=O)(=O)O)C(=O)OC(C)C(F)(F)S(=O)(=O)O.CCC(CC(C)c1ccc(C(O)(C(F)(F)F)C(F)(F)F)cc1)c1ccc(C(O)(C(F)(F)F)C(F)(F)F)cc1.CCC(CC(C)c1ccc(S(=O)(=O)O)cc1)c1ccc(S(=O)(=O)O)cc1. The van der Waals surface area contributed by atoms with Crippen LogP contribution in [0.25, 0.3) is 0 Å². The van der Waals surface area contributed by atoms with Crippen molar-refractivity contribution in [2.24, 2.45) is 10.8 Å². The summed E-state index contributed by atoms with van der Waals surface area (Å²) in [5.41, 5.74) is -14.1. The number of benzene rings is 4. The van der Waals surface area contributed by atoms with Crippen molar-refractivity contribution < 1.29 is 151 Å². The quantitative estimate of drug-likeness (QED) is 0.0204. The van der Waals surface area contributed by atoms with E-state index in [0.717, 1.165) is 62.1 Å². The largest absolute Gasteiger partial charge is 0.455 e. The highest BCUT2D eigenvalue weighted by Crippen LogP contribution is 2.52. The molecule has 4 aromatic rings. The molecule has 0 spiro atoms.